The molecule has 1 aromatic carbocycles. The van der Waals surface area contributed by atoms with Gasteiger partial charge in [-0.2, -0.15) is 0 Å². The van der Waals surface area contributed by atoms with Gasteiger partial charge in [-0.25, -0.2) is 0 Å². The zero-order valence-electron chi connectivity index (χ0n) is 13.8. The summed E-state index contributed by atoms with van der Waals surface area (Å²) >= 11 is 0. The SMILES string of the molecule is CCOc1ccc(NC(=O)CN2CCCCC2CCN)cc1.Cl. The maximum absolute atomic E-state index is 12.2. The summed E-state index contributed by atoms with van der Waals surface area (Å²) in [5.41, 5.74) is 6.48. The van der Waals surface area contributed by atoms with Crippen LogP contribution in [0.2, 0.25) is 0 Å². The number of nitrogens with zero attached hydrogens (tertiary/aromatic N) is 1. The molecule has 0 aliphatic carbocycles. The molecule has 130 valence electrons. The predicted molar refractivity (Wildman–Crippen MR) is 96.4 cm³/mol. The Morgan fingerprint density at radius 2 is 2.09 bits per heavy atom. The minimum absolute atomic E-state index is 0. The number of likely N-dealkylation sites (tertiary alicyclic amines) is 1. The van der Waals surface area contributed by atoms with Crippen LogP contribution in [0.3, 0.4) is 0 Å². The second kappa shape index (κ2) is 10.5. The van der Waals surface area contributed by atoms with Gasteiger partial charge in [-0.1, -0.05) is 6.42 Å². The fourth-order valence-corrected chi connectivity index (χ4v) is 2.97. The lowest BCUT2D eigenvalue weighted by atomic mass is 9.99. The highest BCUT2D eigenvalue weighted by molar-refractivity contribution is 5.92. The summed E-state index contributed by atoms with van der Waals surface area (Å²) in [4.78, 5) is 14.5. The maximum Gasteiger partial charge on any atom is 0.238 e. The number of piperidine rings is 1. The van der Waals surface area contributed by atoms with Gasteiger partial charge in [-0.3, -0.25) is 9.69 Å². The number of rotatable bonds is 7. The van der Waals surface area contributed by atoms with Gasteiger partial charge in [0.15, 0.2) is 0 Å². The van der Waals surface area contributed by atoms with Gasteiger partial charge in [0, 0.05) is 11.7 Å². The Morgan fingerprint density at radius 3 is 2.74 bits per heavy atom. The number of carbonyl (C=O) groups is 1. The normalized spacial score (nSPS) is 18.1. The molecule has 0 bridgehead atoms. The zero-order valence-corrected chi connectivity index (χ0v) is 14.6. The smallest absolute Gasteiger partial charge is 0.238 e. The van der Waals surface area contributed by atoms with Crippen LogP contribution in [0, 0.1) is 0 Å². The molecule has 5 nitrogen and oxygen atoms in total. The lowest BCUT2D eigenvalue weighted by molar-refractivity contribution is -0.118. The van der Waals surface area contributed by atoms with Crippen LogP contribution in [-0.4, -0.2) is 43.1 Å². The van der Waals surface area contributed by atoms with Gasteiger partial charge in [0.2, 0.25) is 5.91 Å². The van der Waals surface area contributed by atoms with Crippen LogP contribution in [0.1, 0.15) is 32.6 Å². The van der Waals surface area contributed by atoms with E-state index < -0.39 is 0 Å². The van der Waals surface area contributed by atoms with Crippen molar-refractivity contribution >= 4 is 24.0 Å². The summed E-state index contributed by atoms with van der Waals surface area (Å²) in [5.74, 6) is 0.854. The summed E-state index contributed by atoms with van der Waals surface area (Å²) in [6, 6.07) is 7.94. The monoisotopic (exact) mass is 341 g/mol. The molecule has 1 aliphatic rings. The third-order valence-electron chi connectivity index (χ3n) is 4.04. The Bertz CT molecular complexity index is 465. The molecule has 1 aliphatic heterocycles. The summed E-state index contributed by atoms with van der Waals surface area (Å²) in [6.07, 6.45) is 4.52. The van der Waals surface area contributed by atoms with E-state index in [0.29, 0.717) is 25.7 Å². The van der Waals surface area contributed by atoms with E-state index >= 15 is 0 Å². The van der Waals surface area contributed by atoms with Gasteiger partial charge in [0.1, 0.15) is 5.75 Å². The highest BCUT2D eigenvalue weighted by atomic mass is 35.5. The maximum atomic E-state index is 12.2. The zero-order chi connectivity index (χ0) is 15.8. The molecule has 1 heterocycles. The molecule has 1 fully saturated rings. The number of ether oxygens (including phenoxy) is 1. The second-order valence-electron chi connectivity index (χ2n) is 5.70. The molecular weight excluding hydrogens is 314 g/mol. The molecule has 1 aromatic rings. The molecule has 2 rings (SSSR count). The van der Waals surface area contributed by atoms with Crippen molar-refractivity contribution in [1.82, 2.24) is 4.90 Å². The molecule has 6 heteroatoms. The van der Waals surface area contributed by atoms with Crippen molar-refractivity contribution in [3.05, 3.63) is 24.3 Å². The van der Waals surface area contributed by atoms with Crippen molar-refractivity contribution in [2.24, 2.45) is 5.73 Å². The van der Waals surface area contributed by atoms with Crippen LogP contribution in [0.5, 0.6) is 5.75 Å². The van der Waals surface area contributed by atoms with E-state index in [1.54, 1.807) is 0 Å². The van der Waals surface area contributed by atoms with E-state index in [0.717, 1.165) is 37.2 Å². The average Bonchev–Trinajstić information content (AvgIpc) is 2.52. The number of benzene rings is 1. The van der Waals surface area contributed by atoms with E-state index in [4.69, 9.17) is 10.5 Å². The Morgan fingerprint density at radius 1 is 1.35 bits per heavy atom. The average molecular weight is 342 g/mol. The Kier molecular flexibility index (Phi) is 8.99. The summed E-state index contributed by atoms with van der Waals surface area (Å²) in [5, 5.41) is 2.95. The molecule has 0 aromatic heterocycles. The van der Waals surface area contributed by atoms with Crippen molar-refractivity contribution in [2.45, 2.75) is 38.6 Å². The molecule has 3 N–H and O–H groups in total. The quantitative estimate of drug-likeness (QED) is 0.800. The van der Waals surface area contributed by atoms with Crippen LogP contribution in [0.4, 0.5) is 5.69 Å². The molecule has 0 saturated carbocycles. The standard InChI is InChI=1S/C17H27N3O2.ClH/c1-2-22-16-8-6-14(7-9-16)19-17(21)13-20-12-4-3-5-15(20)10-11-18;/h6-9,15H,2-5,10-13,18H2,1H3,(H,19,21);1H. The van der Waals surface area contributed by atoms with Crippen molar-refractivity contribution in [3.8, 4) is 5.75 Å². The minimum Gasteiger partial charge on any atom is -0.494 e. The summed E-state index contributed by atoms with van der Waals surface area (Å²) < 4.78 is 5.40. The number of amides is 1. The first-order valence-electron chi connectivity index (χ1n) is 8.19. The van der Waals surface area contributed by atoms with E-state index in [9.17, 15) is 4.79 Å². The third-order valence-corrected chi connectivity index (χ3v) is 4.04. The van der Waals surface area contributed by atoms with Gasteiger partial charge < -0.3 is 15.8 Å². The predicted octanol–water partition coefficient (Wildman–Crippen LogP) is 2.65. The molecule has 23 heavy (non-hydrogen) atoms. The fourth-order valence-electron chi connectivity index (χ4n) is 2.97. The van der Waals surface area contributed by atoms with E-state index in [-0.39, 0.29) is 18.3 Å². The molecule has 1 saturated heterocycles. The Labute approximate surface area is 145 Å². The number of nitrogens with two attached hydrogens (primary N) is 1. The number of hydrogen-bond donors (Lipinski definition) is 2. The number of nitrogens with one attached hydrogen (secondary N) is 1. The van der Waals surface area contributed by atoms with Crippen LogP contribution in [-0.2, 0) is 4.79 Å². The number of halogens is 1. The van der Waals surface area contributed by atoms with E-state index in [1.165, 1.54) is 6.42 Å². The van der Waals surface area contributed by atoms with Crippen LogP contribution in [0.15, 0.2) is 24.3 Å². The van der Waals surface area contributed by atoms with Gasteiger partial charge in [-0.05, 0) is 63.5 Å². The highest BCUT2D eigenvalue weighted by Gasteiger charge is 2.23. The van der Waals surface area contributed by atoms with E-state index in [2.05, 4.69) is 10.2 Å². The van der Waals surface area contributed by atoms with E-state index in [1.807, 2.05) is 31.2 Å². The topological polar surface area (TPSA) is 67.6 Å². The highest BCUT2D eigenvalue weighted by Crippen LogP contribution is 2.19. The Hall–Kier alpha value is -1.30. The number of anilines is 1. The third kappa shape index (κ3) is 6.37. The van der Waals surface area contributed by atoms with Gasteiger partial charge in [0.25, 0.3) is 0 Å². The van der Waals surface area contributed by atoms with Crippen molar-refractivity contribution in [1.29, 1.82) is 0 Å². The number of carbonyl (C=O) groups excluding carboxylic acids is 1. The molecule has 0 radical (unpaired) electrons. The van der Waals surface area contributed by atoms with Gasteiger partial charge in [-0.15, -0.1) is 12.4 Å². The first-order valence-corrected chi connectivity index (χ1v) is 8.19. The number of hydrogen-bond acceptors (Lipinski definition) is 4. The first kappa shape index (κ1) is 19.7. The second-order valence-corrected chi connectivity index (χ2v) is 5.70. The van der Waals surface area contributed by atoms with Crippen LogP contribution in [0.25, 0.3) is 0 Å². The summed E-state index contributed by atoms with van der Waals surface area (Å²) in [7, 11) is 0. The molecule has 1 atom stereocenters. The van der Waals surface area contributed by atoms with Gasteiger partial charge >= 0.3 is 0 Å². The lowest BCUT2D eigenvalue weighted by Crippen LogP contribution is -2.44. The molecule has 0 spiro atoms. The summed E-state index contributed by atoms with van der Waals surface area (Å²) in [6.45, 7) is 4.70. The molecule has 1 amide bonds. The van der Waals surface area contributed by atoms with Crippen LogP contribution < -0.4 is 15.8 Å². The van der Waals surface area contributed by atoms with Gasteiger partial charge in [0.05, 0.1) is 13.2 Å². The molecule has 1 unspecified atom stereocenters. The molecular formula is C17H28ClN3O2. The lowest BCUT2D eigenvalue weighted by Gasteiger charge is -2.35. The van der Waals surface area contributed by atoms with Crippen LogP contribution >= 0.6 is 12.4 Å². The Balaban J connectivity index is 0.00000264. The fraction of sp³-hybridized carbons (Fsp3) is 0.588. The van der Waals surface area contributed by atoms with Crippen molar-refractivity contribution < 1.29 is 9.53 Å². The first-order chi connectivity index (χ1) is 10.7. The van der Waals surface area contributed by atoms with Crippen molar-refractivity contribution in [3.63, 3.8) is 0 Å². The minimum atomic E-state index is 0. The largest absolute Gasteiger partial charge is 0.494 e. The van der Waals surface area contributed by atoms with Crippen molar-refractivity contribution in [2.75, 3.05) is 31.6 Å².